The molecular formula is C19H27N3O2. The van der Waals surface area contributed by atoms with Gasteiger partial charge in [-0.05, 0) is 50.6 Å². The largest absolute Gasteiger partial charge is 0.347 e. The zero-order chi connectivity index (χ0) is 16.9. The minimum Gasteiger partial charge on any atom is -0.347 e. The van der Waals surface area contributed by atoms with E-state index < -0.39 is 0 Å². The molecule has 2 fully saturated rings. The van der Waals surface area contributed by atoms with Crippen LogP contribution in [0.25, 0.3) is 0 Å². The molecule has 2 aliphatic heterocycles. The van der Waals surface area contributed by atoms with Gasteiger partial charge in [-0.1, -0.05) is 18.6 Å². The Kier molecular flexibility index (Phi) is 5.51. The van der Waals surface area contributed by atoms with Gasteiger partial charge in [-0.15, -0.1) is 0 Å². The summed E-state index contributed by atoms with van der Waals surface area (Å²) in [5.74, 6) is 0.0370. The third kappa shape index (κ3) is 4.15. The maximum Gasteiger partial charge on any atom is 0.251 e. The number of likely N-dealkylation sites (tertiary alicyclic amines) is 2. The van der Waals surface area contributed by atoms with Gasteiger partial charge in [0.2, 0.25) is 5.91 Å². The van der Waals surface area contributed by atoms with E-state index in [-0.39, 0.29) is 17.9 Å². The van der Waals surface area contributed by atoms with Gasteiger partial charge in [0.25, 0.3) is 5.91 Å². The van der Waals surface area contributed by atoms with Gasteiger partial charge < -0.3 is 10.2 Å². The quantitative estimate of drug-likeness (QED) is 0.899. The molecule has 2 aliphatic rings. The molecule has 0 radical (unpaired) electrons. The molecule has 1 atom stereocenters. The number of hydrogen-bond donors (Lipinski definition) is 1. The Bertz CT molecular complexity index is 579. The minimum atomic E-state index is -0.0877. The number of nitrogens with zero attached hydrogens (tertiary/aromatic N) is 2. The molecule has 24 heavy (non-hydrogen) atoms. The zero-order valence-corrected chi connectivity index (χ0v) is 14.5. The van der Waals surface area contributed by atoms with Gasteiger partial charge >= 0.3 is 0 Å². The number of nitrogens with one attached hydrogen (secondary N) is 1. The van der Waals surface area contributed by atoms with E-state index in [1.165, 1.54) is 37.9 Å². The lowest BCUT2D eigenvalue weighted by molar-refractivity contribution is -0.127. The number of hydrogen-bond acceptors (Lipinski definition) is 3. The molecule has 1 N–H and O–H groups in total. The first-order valence-corrected chi connectivity index (χ1v) is 9.05. The van der Waals surface area contributed by atoms with E-state index in [0.717, 1.165) is 6.54 Å². The first-order chi connectivity index (χ1) is 11.7. The van der Waals surface area contributed by atoms with Crippen LogP contribution in [0.1, 0.15) is 48.5 Å². The highest BCUT2D eigenvalue weighted by Crippen LogP contribution is 2.15. The standard InChI is InChI=1S/C19H27N3O2/c1-2-22-14-17(12-18(22)23)20-19(24)16-8-6-15(7-9-16)13-21-10-4-3-5-11-21/h6-9,17H,2-5,10-14H2,1H3,(H,20,24)/t17-/m0/s1. The van der Waals surface area contributed by atoms with Gasteiger partial charge in [-0.2, -0.15) is 0 Å². The van der Waals surface area contributed by atoms with Crippen LogP contribution in [0.15, 0.2) is 24.3 Å². The van der Waals surface area contributed by atoms with E-state index in [2.05, 4.69) is 10.2 Å². The first-order valence-electron chi connectivity index (χ1n) is 9.05. The first kappa shape index (κ1) is 17.0. The summed E-state index contributed by atoms with van der Waals surface area (Å²) in [5.41, 5.74) is 1.92. The van der Waals surface area contributed by atoms with Gasteiger partial charge in [0.15, 0.2) is 0 Å². The summed E-state index contributed by atoms with van der Waals surface area (Å²) >= 11 is 0. The van der Waals surface area contributed by atoms with Gasteiger partial charge in [-0.25, -0.2) is 0 Å². The molecule has 130 valence electrons. The molecule has 0 aromatic heterocycles. The van der Waals surface area contributed by atoms with Crippen molar-refractivity contribution in [2.24, 2.45) is 0 Å². The van der Waals surface area contributed by atoms with Crippen molar-refractivity contribution in [1.82, 2.24) is 15.1 Å². The second-order valence-corrected chi connectivity index (χ2v) is 6.84. The summed E-state index contributed by atoms with van der Waals surface area (Å²) in [7, 11) is 0. The molecule has 5 nitrogen and oxygen atoms in total. The number of carbonyl (C=O) groups is 2. The number of amides is 2. The van der Waals surface area contributed by atoms with Crippen molar-refractivity contribution in [3.8, 4) is 0 Å². The van der Waals surface area contributed by atoms with Crippen LogP contribution >= 0.6 is 0 Å². The Balaban J connectivity index is 1.53. The molecule has 1 aromatic rings. The smallest absolute Gasteiger partial charge is 0.251 e. The number of rotatable bonds is 5. The predicted octanol–water partition coefficient (Wildman–Crippen LogP) is 2.02. The van der Waals surface area contributed by atoms with Crippen LogP contribution in [0.4, 0.5) is 0 Å². The Labute approximate surface area is 144 Å². The maximum absolute atomic E-state index is 12.4. The molecule has 0 spiro atoms. The van der Waals surface area contributed by atoms with E-state index in [4.69, 9.17) is 0 Å². The van der Waals surface area contributed by atoms with E-state index in [9.17, 15) is 9.59 Å². The van der Waals surface area contributed by atoms with Crippen LogP contribution in [-0.4, -0.2) is 53.8 Å². The van der Waals surface area contributed by atoms with E-state index in [0.29, 0.717) is 25.1 Å². The van der Waals surface area contributed by atoms with Crippen LogP contribution in [0.5, 0.6) is 0 Å². The van der Waals surface area contributed by atoms with Crippen molar-refractivity contribution < 1.29 is 9.59 Å². The fraction of sp³-hybridized carbons (Fsp3) is 0.579. The van der Waals surface area contributed by atoms with E-state index >= 15 is 0 Å². The van der Waals surface area contributed by atoms with Crippen LogP contribution < -0.4 is 5.32 Å². The predicted molar refractivity (Wildman–Crippen MR) is 93.7 cm³/mol. The van der Waals surface area contributed by atoms with Gasteiger partial charge in [-0.3, -0.25) is 14.5 Å². The average Bonchev–Trinajstić information content (AvgIpc) is 2.96. The molecular weight excluding hydrogens is 302 g/mol. The second-order valence-electron chi connectivity index (χ2n) is 6.84. The van der Waals surface area contributed by atoms with Crippen molar-refractivity contribution in [2.75, 3.05) is 26.2 Å². The number of carbonyl (C=O) groups excluding carboxylic acids is 2. The monoisotopic (exact) mass is 329 g/mol. The third-order valence-electron chi connectivity index (χ3n) is 5.00. The van der Waals surface area contributed by atoms with Crippen molar-refractivity contribution >= 4 is 11.8 Å². The molecule has 5 heteroatoms. The highest BCUT2D eigenvalue weighted by atomic mass is 16.2. The topological polar surface area (TPSA) is 52.7 Å². The van der Waals surface area contributed by atoms with Crippen molar-refractivity contribution in [3.05, 3.63) is 35.4 Å². The highest BCUT2D eigenvalue weighted by molar-refractivity contribution is 5.95. The summed E-state index contributed by atoms with van der Waals surface area (Å²) in [6, 6.07) is 7.80. The molecule has 0 unspecified atom stereocenters. The Morgan fingerprint density at radius 3 is 2.50 bits per heavy atom. The average molecular weight is 329 g/mol. The number of benzene rings is 1. The summed E-state index contributed by atoms with van der Waals surface area (Å²) in [4.78, 5) is 28.3. The number of piperidine rings is 1. The van der Waals surface area contributed by atoms with Crippen molar-refractivity contribution in [2.45, 2.75) is 45.2 Å². The van der Waals surface area contributed by atoms with Crippen LogP contribution in [0.2, 0.25) is 0 Å². The fourth-order valence-corrected chi connectivity index (χ4v) is 3.58. The lowest BCUT2D eigenvalue weighted by atomic mass is 10.1. The van der Waals surface area contributed by atoms with Crippen molar-refractivity contribution in [3.63, 3.8) is 0 Å². The van der Waals surface area contributed by atoms with E-state index in [1.807, 2.05) is 31.2 Å². The SMILES string of the molecule is CCN1C[C@@H](NC(=O)c2ccc(CN3CCCCC3)cc2)CC1=O. The zero-order valence-electron chi connectivity index (χ0n) is 14.5. The Hall–Kier alpha value is -1.88. The molecule has 0 aliphatic carbocycles. The lowest BCUT2D eigenvalue weighted by Gasteiger charge is -2.26. The summed E-state index contributed by atoms with van der Waals surface area (Å²) in [6.07, 6.45) is 4.33. The summed E-state index contributed by atoms with van der Waals surface area (Å²) in [6.45, 7) is 6.59. The molecule has 0 saturated carbocycles. The number of likely N-dealkylation sites (N-methyl/N-ethyl adjacent to an activating group) is 1. The van der Waals surface area contributed by atoms with Crippen LogP contribution in [0.3, 0.4) is 0 Å². The lowest BCUT2D eigenvalue weighted by Crippen LogP contribution is -2.37. The van der Waals surface area contributed by atoms with Crippen LogP contribution in [0, 0.1) is 0 Å². The summed E-state index contributed by atoms with van der Waals surface area (Å²) in [5, 5.41) is 2.98. The molecule has 1 aromatic carbocycles. The molecule has 2 heterocycles. The molecule has 2 saturated heterocycles. The molecule has 2 amide bonds. The third-order valence-corrected chi connectivity index (χ3v) is 5.00. The summed E-state index contributed by atoms with van der Waals surface area (Å²) < 4.78 is 0. The molecule has 3 rings (SSSR count). The van der Waals surface area contributed by atoms with Gasteiger partial charge in [0.1, 0.15) is 0 Å². The van der Waals surface area contributed by atoms with Gasteiger partial charge in [0, 0.05) is 31.6 Å². The normalized spacial score (nSPS) is 22.0. The second kappa shape index (κ2) is 7.79. The van der Waals surface area contributed by atoms with Crippen molar-refractivity contribution in [1.29, 1.82) is 0 Å². The maximum atomic E-state index is 12.4. The Morgan fingerprint density at radius 1 is 1.17 bits per heavy atom. The highest BCUT2D eigenvalue weighted by Gasteiger charge is 2.29. The van der Waals surface area contributed by atoms with E-state index in [1.54, 1.807) is 4.90 Å². The van der Waals surface area contributed by atoms with Gasteiger partial charge in [0.05, 0.1) is 6.04 Å². The molecule has 0 bridgehead atoms. The fourth-order valence-electron chi connectivity index (χ4n) is 3.58. The van der Waals surface area contributed by atoms with Crippen LogP contribution in [-0.2, 0) is 11.3 Å². The Morgan fingerprint density at radius 2 is 1.88 bits per heavy atom. The minimum absolute atomic E-state index is 0.0713.